The number of nitrogens with zero attached hydrogens (tertiary/aromatic N) is 1. The maximum absolute atomic E-state index is 5.57. The Hall–Kier alpha value is -0.970. The molecule has 1 aliphatic rings. The van der Waals surface area contributed by atoms with Crippen molar-refractivity contribution in [2.24, 2.45) is 0 Å². The molecule has 2 heterocycles. The van der Waals surface area contributed by atoms with Crippen molar-refractivity contribution in [2.75, 3.05) is 26.2 Å². The fourth-order valence-corrected chi connectivity index (χ4v) is 1.61. The smallest absolute Gasteiger partial charge is 0.0824 e. The molecule has 15 heavy (non-hydrogen) atoms. The quantitative estimate of drug-likeness (QED) is 0.738. The average molecular weight is 207 g/mol. The Balaban J connectivity index is 1.66. The summed E-state index contributed by atoms with van der Waals surface area (Å²) in [4.78, 5) is 4.24. The van der Waals surface area contributed by atoms with Crippen LogP contribution in [0.5, 0.6) is 0 Å². The topological polar surface area (TPSA) is 46.2 Å². The van der Waals surface area contributed by atoms with Crippen LogP contribution in [0.25, 0.3) is 0 Å². The molecule has 82 valence electrons. The predicted molar refractivity (Wildman–Crippen MR) is 58.6 cm³/mol. The first-order chi connectivity index (χ1) is 7.45. The Kier molecular flexibility index (Phi) is 4.08. The van der Waals surface area contributed by atoms with E-state index in [1.54, 1.807) is 0 Å². The Morgan fingerprint density at radius 2 is 2.53 bits per heavy atom. The van der Waals surface area contributed by atoms with Crippen LogP contribution in [0.3, 0.4) is 0 Å². The molecule has 0 aliphatic carbocycles. The van der Waals surface area contributed by atoms with Crippen molar-refractivity contribution in [3.05, 3.63) is 30.1 Å². The zero-order chi connectivity index (χ0) is 10.3. The van der Waals surface area contributed by atoms with Crippen molar-refractivity contribution >= 4 is 0 Å². The predicted octanol–water partition coefficient (Wildman–Crippen LogP) is 0.160. The molecule has 1 aromatic heterocycles. The highest BCUT2D eigenvalue weighted by Crippen LogP contribution is 1.96. The highest BCUT2D eigenvalue weighted by Gasteiger charge is 2.11. The van der Waals surface area contributed by atoms with Gasteiger partial charge in [0.2, 0.25) is 0 Å². The molecule has 0 aromatic carbocycles. The van der Waals surface area contributed by atoms with Gasteiger partial charge in [-0.05, 0) is 12.1 Å². The molecule has 0 spiro atoms. The minimum absolute atomic E-state index is 0.294. The Morgan fingerprint density at radius 1 is 1.53 bits per heavy atom. The lowest BCUT2D eigenvalue weighted by Gasteiger charge is -2.23. The SMILES string of the molecule is c1ccc(CNCC2CNCCO2)nc1. The van der Waals surface area contributed by atoms with Crippen molar-refractivity contribution < 1.29 is 4.74 Å². The molecule has 1 saturated heterocycles. The average Bonchev–Trinajstić information content (AvgIpc) is 2.32. The number of morpholine rings is 1. The van der Waals surface area contributed by atoms with Gasteiger partial charge in [-0.3, -0.25) is 4.98 Å². The van der Waals surface area contributed by atoms with E-state index < -0.39 is 0 Å². The maximum atomic E-state index is 5.57. The van der Waals surface area contributed by atoms with E-state index in [0.29, 0.717) is 6.10 Å². The van der Waals surface area contributed by atoms with Crippen LogP contribution in [-0.2, 0) is 11.3 Å². The monoisotopic (exact) mass is 207 g/mol. The van der Waals surface area contributed by atoms with Gasteiger partial charge in [-0.15, -0.1) is 0 Å². The first-order valence-electron chi connectivity index (χ1n) is 5.38. The molecule has 1 fully saturated rings. The zero-order valence-corrected chi connectivity index (χ0v) is 8.78. The molecule has 2 N–H and O–H groups in total. The van der Waals surface area contributed by atoms with Gasteiger partial charge in [0.1, 0.15) is 0 Å². The normalized spacial score (nSPS) is 21.5. The standard InChI is InChI=1S/C11H17N3O/c1-2-4-14-10(3-1)7-13-9-11-8-12-5-6-15-11/h1-4,11-13H,5-9H2. The van der Waals surface area contributed by atoms with E-state index in [2.05, 4.69) is 15.6 Å². The van der Waals surface area contributed by atoms with Crippen LogP contribution in [0.15, 0.2) is 24.4 Å². The Labute approximate surface area is 90.0 Å². The van der Waals surface area contributed by atoms with Gasteiger partial charge < -0.3 is 15.4 Å². The number of pyridine rings is 1. The summed E-state index contributed by atoms with van der Waals surface area (Å²) in [5.74, 6) is 0. The van der Waals surface area contributed by atoms with Crippen LogP contribution >= 0.6 is 0 Å². The van der Waals surface area contributed by atoms with E-state index in [1.807, 2.05) is 24.4 Å². The van der Waals surface area contributed by atoms with E-state index in [0.717, 1.165) is 38.5 Å². The van der Waals surface area contributed by atoms with Crippen molar-refractivity contribution in [3.8, 4) is 0 Å². The lowest BCUT2D eigenvalue weighted by molar-refractivity contribution is 0.0290. The van der Waals surface area contributed by atoms with Gasteiger partial charge in [0.25, 0.3) is 0 Å². The van der Waals surface area contributed by atoms with E-state index in [4.69, 9.17) is 4.74 Å². The van der Waals surface area contributed by atoms with E-state index >= 15 is 0 Å². The molecule has 1 atom stereocenters. The summed E-state index contributed by atoms with van der Waals surface area (Å²) in [6.45, 7) is 4.41. The van der Waals surface area contributed by atoms with Gasteiger partial charge in [0, 0.05) is 32.4 Å². The third-order valence-electron chi connectivity index (χ3n) is 2.41. The van der Waals surface area contributed by atoms with Crippen molar-refractivity contribution in [2.45, 2.75) is 12.6 Å². The minimum atomic E-state index is 0.294. The summed E-state index contributed by atoms with van der Waals surface area (Å²) in [6, 6.07) is 5.95. The number of hydrogen-bond donors (Lipinski definition) is 2. The second-order valence-corrected chi connectivity index (χ2v) is 3.65. The van der Waals surface area contributed by atoms with Crippen molar-refractivity contribution in [1.82, 2.24) is 15.6 Å². The number of nitrogens with one attached hydrogen (secondary N) is 2. The molecule has 0 amide bonds. The molecular formula is C11H17N3O. The summed E-state index contributed by atoms with van der Waals surface area (Å²) in [7, 11) is 0. The van der Waals surface area contributed by atoms with Crippen LogP contribution in [0, 0.1) is 0 Å². The maximum Gasteiger partial charge on any atom is 0.0824 e. The molecule has 4 nitrogen and oxygen atoms in total. The number of aromatic nitrogens is 1. The first-order valence-corrected chi connectivity index (χ1v) is 5.38. The van der Waals surface area contributed by atoms with Crippen LogP contribution in [-0.4, -0.2) is 37.3 Å². The van der Waals surface area contributed by atoms with Gasteiger partial charge in [-0.25, -0.2) is 0 Å². The molecule has 0 bridgehead atoms. The van der Waals surface area contributed by atoms with Crippen LogP contribution in [0.1, 0.15) is 5.69 Å². The highest BCUT2D eigenvalue weighted by atomic mass is 16.5. The third-order valence-corrected chi connectivity index (χ3v) is 2.41. The molecule has 2 rings (SSSR count). The summed E-state index contributed by atoms with van der Waals surface area (Å²) in [5, 5.41) is 6.65. The summed E-state index contributed by atoms with van der Waals surface area (Å²) < 4.78 is 5.57. The molecule has 0 saturated carbocycles. The van der Waals surface area contributed by atoms with Crippen LogP contribution in [0.2, 0.25) is 0 Å². The Morgan fingerprint density at radius 3 is 3.27 bits per heavy atom. The number of ether oxygens (including phenoxy) is 1. The third kappa shape index (κ3) is 3.58. The lowest BCUT2D eigenvalue weighted by Crippen LogP contribution is -2.43. The van der Waals surface area contributed by atoms with Gasteiger partial charge in [0.05, 0.1) is 18.4 Å². The van der Waals surface area contributed by atoms with E-state index in [-0.39, 0.29) is 0 Å². The molecule has 1 unspecified atom stereocenters. The van der Waals surface area contributed by atoms with Gasteiger partial charge in [-0.1, -0.05) is 6.07 Å². The molecular weight excluding hydrogens is 190 g/mol. The molecule has 1 aliphatic heterocycles. The minimum Gasteiger partial charge on any atom is -0.374 e. The second kappa shape index (κ2) is 5.80. The van der Waals surface area contributed by atoms with Gasteiger partial charge >= 0.3 is 0 Å². The molecule has 4 heteroatoms. The van der Waals surface area contributed by atoms with Gasteiger partial charge in [0.15, 0.2) is 0 Å². The highest BCUT2D eigenvalue weighted by molar-refractivity contribution is 5.02. The largest absolute Gasteiger partial charge is 0.374 e. The zero-order valence-electron chi connectivity index (χ0n) is 8.78. The Bertz CT molecular complexity index is 272. The fraction of sp³-hybridized carbons (Fsp3) is 0.545. The number of hydrogen-bond acceptors (Lipinski definition) is 4. The van der Waals surface area contributed by atoms with E-state index in [9.17, 15) is 0 Å². The summed E-state index contributed by atoms with van der Waals surface area (Å²) in [6.07, 6.45) is 2.11. The summed E-state index contributed by atoms with van der Waals surface area (Å²) >= 11 is 0. The lowest BCUT2D eigenvalue weighted by atomic mass is 10.3. The summed E-state index contributed by atoms with van der Waals surface area (Å²) in [5.41, 5.74) is 1.07. The van der Waals surface area contributed by atoms with Crippen LogP contribution < -0.4 is 10.6 Å². The first kappa shape index (κ1) is 10.5. The number of rotatable bonds is 4. The fourth-order valence-electron chi connectivity index (χ4n) is 1.61. The van der Waals surface area contributed by atoms with Crippen LogP contribution in [0.4, 0.5) is 0 Å². The molecule has 0 radical (unpaired) electrons. The van der Waals surface area contributed by atoms with Crippen molar-refractivity contribution in [3.63, 3.8) is 0 Å². The van der Waals surface area contributed by atoms with E-state index in [1.165, 1.54) is 0 Å². The van der Waals surface area contributed by atoms with Gasteiger partial charge in [-0.2, -0.15) is 0 Å². The van der Waals surface area contributed by atoms with Crippen molar-refractivity contribution in [1.29, 1.82) is 0 Å². The second-order valence-electron chi connectivity index (χ2n) is 3.65. The molecule has 1 aromatic rings.